The van der Waals surface area contributed by atoms with Crippen LogP contribution in [0.5, 0.6) is 0 Å². The van der Waals surface area contributed by atoms with Gasteiger partial charge in [-0.1, -0.05) is 0 Å². The first-order chi connectivity index (χ1) is 7.72. The van der Waals surface area contributed by atoms with Crippen LogP contribution < -0.4 is 0 Å². The lowest BCUT2D eigenvalue weighted by Gasteiger charge is -1.97. The Morgan fingerprint density at radius 1 is 1.12 bits per heavy atom. The van der Waals surface area contributed by atoms with Crippen LogP contribution in [0, 0.1) is 11.6 Å². The summed E-state index contributed by atoms with van der Waals surface area (Å²) in [6.45, 7) is 0. The normalized spacial score (nSPS) is 15.4. The van der Waals surface area contributed by atoms with Crippen molar-refractivity contribution >= 4 is 11.3 Å². The van der Waals surface area contributed by atoms with Crippen LogP contribution in [0.15, 0.2) is 23.6 Å². The molecule has 1 aliphatic carbocycles. The van der Waals surface area contributed by atoms with Gasteiger partial charge in [-0.2, -0.15) is 0 Å². The maximum absolute atomic E-state index is 13.0. The molecule has 0 radical (unpaired) electrons. The van der Waals surface area contributed by atoms with Crippen LogP contribution >= 0.6 is 11.3 Å². The second kappa shape index (κ2) is 3.63. The van der Waals surface area contributed by atoms with Gasteiger partial charge in [0.15, 0.2) is 0 Å². The van der Waals surface area contributed by atoms with E-state index in [4.69, 9.17) is 0 Å². The molecule has 1 aliphatic rings. The highest BCUT2D eigenvalue weighted by atomic mass is 32.1. The van der Waals surface area contributed by atoms with Crippen molar-refractivity contribution in [3.8, 4) is 10.6 Å². The van der Waals surface area contributed by atoms with E-state index in [1.807, 2.05) is 5.38 Å². The number of hydrogen-bond acceptors (Lipinski definition) is 2. The smallest absolute Gasteiger partial charge is 0.126 e. The summed E-state index contributed by atoms with van der Waals surface area (Å²) in [5.41, 5.74) is 1.58. The summed E-state index contributed by atoms with van der Waals surface area (Å²) in [4.78, 5) is 4.41. The third-order valence-electron chi connectivity index (χ3n) is 2.63. The zero-order valence-electron chi connectivity index (χ0n) is 8.41. The summed E-state index contributed by atoms with van der Waals surface area (Å²) in [5, 5.41) is 2.68. The van der Waals surface area contributed by atoms with E-state index in [1.54, 1.807) is 0 Å². The van der Waals surface area contributed by atoms with Crippen molar-refractivity contribution in [2.24, 2.45) is 0 Å². The van der Waals surface area contributed by atoms with Gasteiger partial charge < -0.3 is 0 Å². The average molecular weight is 237 g/mol. The van der Waals surface area contributed by atoms with Gasteiger partial charge in [-0.15, -0.1) is 11.3 Å². The lowest BCUT2D eigenvalue weighted by Crippen LogP contribution is -1.84. The first kappa shape index (κ1) is 9.90. The quantitative estimate of drug-likeness (QED) is 0.770. The zero-order valence-corrected chi connectivity index (χ0v) is 9.23. The van der Waals surface area contributed by atoms with E-state index < -0.39 is 11.6 Å². The summed E-state index contributed by atoms with van der Waals surface area (Å²) >= 11 is 1.44. The topological polar surface area (TPSA) is 12.9 Å². The molecule has 1 heterocycles. The van der Waals surface area contributed by atoms with Crippen LogP contribution in [0.1, 0.15) is 24.5 Å². The Kier molecular flexibility index (Phi) is 2.24. The molecule has 0 unspecified atom stereocenters. The van der Waals surface area contributed by atoms with Crippen LogP contribution in [0.3, 0.4) is 0 Å². The van der Waals surface area contributed by atoms with Gasteiger partial charge >= 0.3 is 0 Å². The fraction of sp³-hybridized carbons (Fsp3) is 0.250. The number of aromatic nitrogens is 1. The fourth-order valence-electron chi connectivity index (χ4n) is 1.66. The van der Waals surface area contributed by atoms with E-state index in [2.05, 4.69) is 4.98 Å². The van der Waals surface area contributed by atoms with E-state index in [0.29, 0.717) is 16.5 Å². The van der Waals surface area contributed by atoms with Crippen molar-refractivity contribution in [1.29, 1.82) is 0 Å². The van der Waals surface area contributed by atoms with Gasteiger partial charge in [0.2, 0.25) is 0 Å². The minimum Gasteiger partial charge on any atom is -0.241 e. The molecule has 4 heteroatoms. The summed E-state index contributed by atoms with van der Waals surface area (Å²) in [7, 11) is 0. The molecule has 0 aliphatic heterocycles. The molecule has 0 N–H and O–H groups in total. The second-order valence-electron chi connectivity index (χ2n) is 4.01. The Morgan fingerprint density at radius 3 is 2.44 bits per heavy atom. The average Bonchev–Trinajstić information content (AvgIpc) is 2.95. The largest absolute Gasteiger partial charge is 0.241 e. The number of rotatable bonds is 2. The molecule has 0 atom stereocenters. The summed E-state index contributed by atoms with van der Waals surface area (Å²) in [6, 6.07) is 3.51. The fourth-order valence-corrected chi connectivity index (χ4v) is 2.55. The standard InChI is InChI=1S/C12H9F2NS/c13-9-3-8(4-10(14)5-9)12-15-11(6-16-12)7-1-2-7/h3-7H,1-2H2. The molecule has 1 nitrogen and oxygen atoms in total. The third kappa shape index (κ3) is 1.85. The Bertz CT molecular complexity index is 511. The molecular weight excluding hydrogens is 228 g/mol. The van der Waals surface area contributed by atoms with E-state index in [1.165, 1.54) is 36.3 Å². The molecule has 2 aromatic rings. The SMILES string of the molecule is Fc1cc(F)cc(-c2nc(C3CC3)cs2)c1. The van der Waals surface area contributed by atoms with Gasteiger partial charge in [0.25, 0.3) is 0 Å². The number of nitrogens with zero attached hydrogens (tertiary/aromatic N) is 1. The minimum atomic E-state index is -0.557. The van der Waals surface area contributed by atoms with Gasteiger partial charge in [0.05, 0.1) is 5.69 Å². The monoisotopic (exact) mass is 237 g/mol. The molecule has 1 aromatic heterocycles. The van der Waals surface area contributed by atoms with Crippen molar-refractivity contribution in [3.63, 3.8) is 0 Å². The van der Waals surface area contributed by atoms with Gasteiger partial charge in [-0.3, -0.25) is 0 Å². The van der Waals surface area contributed by atoms with E-state index >= 15 is 0 Å². The molecule has 1 fully saturated rings. The second-order valence-corrected chi connectivity index (χ2v) is 4.87. The summed E-state index contributed by atoms with van der Waals surface area (Å²) < 4.78 is 26.1. The first-order valence-corrected chi connectivity index (χ1v) is 6.02. The van der Waals surface area contributed by atoms with Crippen LogP contribution in [0.4, 0.5) is 8.78 Å². The molecule has 82 valence electrons. The van der Waals surface area contributed by atoms with Crippen molar-refractivity contribution in [3.05, 3.63) is 40.9 Å². The van der Waals surface area contributed by atoms with Crippen LogP contribution in [-0.2, 0) is 0 Å². The lowest BCUT2D eigenvalue weighted by molar-refractivity contribution is 0.584. The Morgan fingerprint density at radius 2 is 1.81 bits per heavy atom. The predicted molar refractivity (Wildman–Crippen MR) is 59.4 cm³/mol. The van der Waals surface area contributed by atoms with E-state index in [-0.39, 0.29) is 0 Å². The van der Waals surface area contributed by atoms with Crippen molar-refractivity contribution < 1.29 is 8.78 Å². The van der Waals surface area contributed by atoms with E-state index in [0.717, 1.165) is 11.8 Å². The van der Waals surface area contributed by atoms with Crippen molar-refractivity contribution in [2.75, 3.05) is 0 Å². The van der Waals surface area contributed by atoms with Crippen molar-refractivity contribution in [2.45, 2.75) is 18.8 Å². The molecule has 16 heavy (non-hydrogen) atoms. The van der Waals surface area contributed by atoms with Crippen LogP contribution in [0.25, 0.3) is 10.6 Å². The molecule has 0 spiro atoms. The molecule has 0 saturated heterocycles. The number of hydrogen-bond donors (Lipinski definition) is 0. The molecule has 1 saturated carbocycles. The first-order valence-electron chi connectivity index (χ1n) is 5.14. The molecule has 3 rings (SSSR count). The highest BCUT2D eigenvalue weighted by Gasteiger charge is 2.26. The highest BCUT2D eigenvalue weighted by Crippen LogP contribution is 2.41. The zero-order chi connectivity index (χ0) is 11.1. The summed E-state index contributed by atoms with van der Waals surface area (Å²) in [6.07, 6.45) is 2.36. The molecule has 0 amide bonds. The Labute approximate surface area is 95.8 Å². The molecular formula is C12H9F2NS. The van der Waals surface area contributed by atoms with Crippen LogP contribution in [0.2, 0.25) is 0 Å². The van der Waals surface area contributed by atoms with Gasteiger partial charge in [0.1, 0.15) is 16.6 Å². The Balaban J connectivity index is 2.00. The van der Waals surface area contributed by atoms with Crippen molar-refractivity contribution in [1.82, 2.24) is 4.98 Å². The van der Waals surface area contributed by atoms with E-state index in [9.17, 15) is 8.78 Å². The summed E-state index contributed by atoms with van der Waals surface area (Å²) in [5.74, 6) is -0.542. The van der Waals surface area contributed by atoms with Gasteiger partial charge in [-0.05, 0) is 25.0 Å². The predicted octanol–water partition coefficient (Wildman–Crippen LogP) is 3.97. The third-order valence-corrected chi connectivity index (χ3v) is 3.54. The maximum atomic E-state index is 13.0. The van der Waals surface area contributed by atoms with Crippen LogP contribution in [-0.4, -0.2) is 4.98 Å². The van der Waals surface area contributed by atoms with Gasteiger partial charge in [0, 0.05) is 22.9 Å². The highest BCUT2D eigenvalue weighted by molar-refractivity contribution is 7.13. The molecule has 0 bridgehead atoms. The number of benzene rings is 1. The Hall–Kier alpha value is -1.29. The number of thiazole rings is 1. The molecule has 1 aromatic carbocycles. The number of halogens is 2. The maximum Gasteiger partial charge on any atom is 0.126 e. The minimum absolute atomic E-state index is 0.523. The van der Waals surface area contributed by atoms with Gasteiger partial charge in [-0.25, -0.2) is 13.8 Å². The lowest BCUT2D eigenvalue weighted by atomic mass is 10.2.